The van der Waals surface area contributed by atoms with E-state index in [2.05, 4.69) is 39.8 Å². The van der Waals surface area contributed by atoms with Crippen LogP contribution in [0.4, 0.5) is 0 Å². The Balaban J connectivity index is 2.79. The van der Waals surface area contributed by atoms with Gasteiger partial charge in [0.15, 0.2) is 0 Å². The maximum absolute atomic E-state index is 4.99. The van der Waals surface area contributed by atoms with Crippen molar-refractivity contribution in [2.24, 2.45) is 5.90 Å². The van der Waals surface area contributed by atoms with Crippen LogP contribution in [0.15, 0.2) is 22.7 Å². The third kappa shape index (κ3) is 3.10. The van der Waals surface area contributed by atoms with Crippen molar-refractivity contribution in [3.63, 3.8) is 0 Å². The van der Waals surface area contributed by atoms with E-state index in [-0.39, 0.29) is 0 Å². The molecule has 0 aromatic heterocycles. The molecule has 0 fully saturated rings. The summed E-state index contributed by atoms with van der Waals surface area (Å²) in [7, 11) is 0. The van der Waals surface area contributed by atoms with Crippen molar-refractivity contribution in [2.45, 2.75) is 19.8 Å². The molecule has 2 N–H and O–H groups in total. The largest absolute Gasteiger partial charge is 0.304 e. The highest BCUT2D eigenvalue weighted by atomic mass is 79.9. The van der Waals surface area contributed by atoms with E-state index in [1.807, 2.05) is 6.07 Å². The van der Waals surface area contributed by atoms with Gasteiger partial charge in [0.25, 0.3) is 0 Å². The van der Waals surface area contributed by atoms with Gasteiger partial charge in [-0.15, -0.1) is 0 Å². The average Bonchev–Trinajstić information content (AvgIpc) is 2.16. The molecule has 0 aliphatic rings. The van der Waals surface area contributed by atoms with Gasteiger partial charge in [-0.3, -0.25) is 0 Å². The van der Waals surface area contributed by atoms with Gasteiger partial charge in [-0.2, -0.15) is 0 Å². The molecule has 3 heteroatoms. The van der Waals surface area contributed by atoms with Crippen LogP contribution in [0.5, 0.6) is 0 Å². The molecule has 0 radical (unpaired) electrons. The highest BCUT2D eigenvalue weighted by Gasteiger charge is 2.00. The molecule has 0 amide bonds. The van der Waals surface area contributed by atoms with E-state index in [1.54, 1.807) is 0 Å². The molecule has 72 valence electrons. The molecule has 0 heterocycles. The van der Waals surface area contributed by atoms with Crippen LogP contribution < -0.4 is 5.90 Å². The van der Waals surface area contributed by atoms with E-state index in [9.17, 15) is 0 Å². The molecule has 0 aliphatic heterocycles. The van der Waals surface area contributed by atoms with Gasteiger partial charge in [0.1, 0.15) is 0 Å². The van der Waals surface area contributed by atoms with Crippen molar-refractivity contribution in [3.05, 3.63) is 33.8 Å². The summed E-state index contributed by atoms with van der Waals surface area (Å²) in [6, 6.07) is 6.30. The minimum absolute atomic E-state index is 0.578. The van der Waals surface area contributed by atoms with Crippen LogP contribution in [0.25, 0.3) is 0 Å². The van der Waals surface area contributed by atoms with Gasteiger partial charge < -0.3 is 4.84 Å². The zero-order valence-corrected chi connectivity index (χ0v) is 9.30. The Labute approximate surface area is 87.2 Å². The maximum Gasteiger partial charge on any atom is 0.0719 e. The monoisotopic (exact) mass is 243 g/mol. The Morgan fingerprint density at radius 1 is 1.38 bits per heavy atom. The number of nitrogens with two attached hydrogens (primary N) is 1. The summed E-state index contributed by atoms with van der Waals surface area (Å²) < 4.78 is 1.13. The molecule has 2 nitrogen and oxygen atoms in total. The van der Waals surface area contributed by atoms with Crippen molar-refractivity contribution in [1.29, 1.82) is 0 Å². The van der Waals surface area contributed by atoms with Gasteiger partial charge in [-0.05, 0) is 36.1 Å². The molecule has 13 heavy (non-hydrogen) atoms. The third-order valence-electron chi connectivity index (χ3n) is 2.04. The lowest BCUT2D eigenvalue weighted by Crippen LogP contribution is -2.05. The van der Waals surface area contributed by atoms with Gasteiger partial charge in [-0.1, -0.05) is 28.9 Å². The van der Waals surface area contributed by atoms with E-state index in [0.717, 1.165) is 17.3 Å². The molecule has 0 bridgehead atoms. The van der Waals surface area contributed by atoms with Crippen LogP contribution in [0.3, 0.4) is 0 Å². The second-order valence-electron chi connectivity index (χ2n) is 2.89. The van der Waals surface area contributed by atoms with Gasteiger partial charge in [0.05, 0.1) is 6.61 Å². The average molecular weight is 244 g/mol. The first-order valence-electron chi connectivity index (χ1n) is 4.37. The van der Waals surface area contributed by atoms with Crippen LogP contribution in [-0.2, 0) is 17.7 Å². The summed E-state index contributed by atoms with van der Waals surface area (Å²) in [4.78, 5) is 4.56. The number of benzene rings is 1. The van der Waals surface area contributed by atoms with Gasteiger partial charge >= 0.3 is 0 Å². The second kappa shape index (κ2) is 5.37. The molecule has 0 unspecified atom stereocenters. The number of hydrogen-bond acceptors (Lipinski definition) is 2. The zero-order valence-electron chi connectivity index (χ0n) is 7.72. The second-order valence-corrected chi connectivity index (χ2v) is 3.80. The Hall–Kier alpha value is -0.380. The van der Waals surface area contributed by atoms with Crippen molar-refractivity contribution in [3.8, 4) is 0 Å². The fourth-order valence-corrected chi connectivity index (χ4v) is 1.74. The summed E-state index contributed by atoms with van der Waals surface area (Å²) in [5.74, 6) is 4.99. The van der Waals surface area contributed by atoms with Crippen LogP contribution in [0.2, 0.25) is 0 Å². The predicted octanol–water partition coefficient (Wildman–Crippen LogP) is 2.44. The molecule has 1 aromatic rings. The van der Waals surface area contributed by atoms with Gasteiger partial charge in [0.2, 0.25) is 0 Å². The number of rotatable bonds is 4. The molecule has 1 aromatic carbocycles. The summed E-state index contributed by atoms with van der Waals surface area (Å²) in [6.45, 7) is 2.73. The van der Waals surface area contributed by atoms with Crippen LogP contribution in [0, 0.1) is 0 Å². The molecule has 0 saturated heterocycles. The van der Waals surface area contributed by atoms with Gasteiger partial charge in [0, 0.05) is 4.47 Å². The van der Waals surface area contributed by atoms with E-state index < -0.39 is 0 Å². The fourth-order valence-electron chi connectivity index (χ4n) is 1.34. The number of halogens is 1. The van der Waals surface area contributed by atoms with Crippen LogP contribution in [0.1, 0.15) is 18.1 Å². The molecule has 1 rings (SSSR count). The SMILES string of the molecule is CCc1cc(Br)ccc1CCON. The van der Waals surface area contributed by atoms with E-state index in [4.69, 9.17) is 5.90 Å². The summed E-state index contributed by atoms with van der Waals surface area (Å²) in [5.41, 5.74) is 2.67. The summed E-state index contributed by atoms with van der Waals surface area (Å²) in [5, 5.41) is 0. The van der Waals surface area contributed by atoms with Crippen molar-refractivity contribution >= 4 is 15.9 Å². The lowest BCUT2D eigenvalue weighted by molar-refractivity contribution is 0.141. The first-order chi connectivity index (χ1) is 6.27. The lowest BCUT2D eigenvalue weighted by atomic mass is 10.0. The minimum atomic E-state index is 0.578. The Kier molecular flexibility index (Phi) is 4.42. The lowest BCUT2D eigenvalue weighted by Gasteiger charge is -2.07. The van der Waals surface area contributed by atoms with Crippen molar-refractivity contribution in [2.75, 3.05) is 6.61 Å². The van der Waals surface area contributed by atoms with Crippen LogP contribution in [-0.4, -0.2) is 6.61 Å². The van der Waals surface area contributed by atoms with Crippen LogP contribution >= 0.6 is 15.9 Å². The Morgan fingerprint density at radius 3 is 2.77 bits per heavy atom. The van der Waals surface area contributed by atoms with Crippen molar-refractivity contribution in [1.82, 2.24) is 0 Å². The molecule has 0 spiro atoms. The Bertz CT molecular complexity index is 276. The van der Waals surface area contributed by atoms with Crippen molar-refractivity contribution < 1.29 is 4.84 Å². The van der Waals surface area contributed by atoms with E-state index in [1.165, 1.54) is 11.1 Å². The highest BCUT2D eigenvalue weighted by Crippen LogP contribution is 2.17. The summed E-state index contributed by atoms with van der Waals surface area (Å²) in [6.07, 6.45) is 1.92. The first-order valence-corrected chi connectivity index (χ1v) is 5.16. The number of aryl methyl sites for hydroxylation is 1. The normalized spacial score (nSPS) is 10.4. The zero-order chi connectivity index (χ0) is 9.68. The third-order valence-corrected chi connectivity index (χ3v) is 2.53. The smallest absolute Gasteiger partial charge is 0.0719 e. The van der Waals surface area contributed by atoms with Gasteiger partial charge in [-0.25, -0.2) is 5.90 Å². The molecule has 0 aliphatic carbocycles. The maximum atomic E-state index is 4.99. The molecule has 0 atom stereocenters. The quantitative estimate of drug-likeness (QED) is 0.825. The standard InChI is InChI=1S/C10H14BrNO/c1-2-8-7-10(11)4-3-9(8)5-6-13-12/h3-4,7H,2,5-6,12H2,1H3. The number of hydrogen-bond donors (Lipinski definition) is 1. The summed E-state index contributed by atoms with van der Waals surface area (Å²) >= 11 is 3.45. The highest BCUT2D eigenvalue weighted by molar-refractivity contribution is 9.10. The molecule has 0 saturated carbocycles. The van der Waals surface area contributed by atoms with E-state index in [0.29, 0.717) is 6.61 Å². The molecular weight excluding hydrogens is 230 g/mol. The topological polar surface area (TPSA) is 35.2 Å². The predicted molar refractivity (Wildman–Crippen MR) is 57.4 cm³/mol. The first kappa shape index (κ1) is 10.7. The molecular formula is C10H14BrNO. The van der Waals surface area contributed by atoms with E-state index >= 15 is 0 Å². The Morgan fingerprint density at radius 2 is 2.15 bits per heavy atom. The fraction of sp³-hybridized carbons (Fsp3) is 0.400. The minimum Gasteiger partial charge on any atom is -0.304 e.